The molecular formula is C20H19FN2O3S. The molecule has 0 unspecified atom stereocenters. The summed E-state index contributed by atoms with van der Waals surface area (Å²) in [6, 6.07) is 15.3. The lowest BCUT2D eigenvalue weighted by Gasteiger charge is -2.36. The van der Waals surface area contributed by atoms with Crippen molar-refractivity contribution >= 4 is 22.8 Å². The second-order valence-electron chi connectivity index (χ2n) is 6.59. The van der Waals surface area contributed by atoms with Crippen molar-refractivity contribution in [1.82, 2.24) is 5.32 Å². The van der Waals surface area contributed by atoms with Crippen molar-refractivity contribution in [3.05, 3.63) is 71.5 Å². The minimum atomic E-state index is -0.955. The average Bonchev–Trinajstić information content (AvgIpc) is 3.07. The van der Waals surface area contributed by atoms with Crippen molar-refractivity contribution < 1.29 is 19.0 Å². The van der Waals surface area contributed by atoms with Crippen LogP contribution in [0.1, 0.15) is 15.9 Å². The van der Waals surface area contributed by atoms with Gasteiger partial charge in [-0.05, 0) is 18.2 Å². The van der Waals surface area contributed by atoms with Gasteiger partial charge < -0.3 is 15.2 Å². The number of hydrogen-bond donors (Lipinski definition) is 2. The van der Waals surface area contributed by atoms with E-state index >= 15 is 0 Å². The second-order valence-corrected chi connectivity index (χ2v) is 7.60. The SMILES string of the molecule is O=C(NC1=N[C@@]2(c3ccccc3F)CO[C@H](CO)[C@H]2CS1)c1ccccc1. The fraction of sp³-hybridized carbons (Fsp3) is 0.300. The number of amidine groups is 1. The van der Waals surface area contributed by atoms with Crippen LogP contribution in [0.4, 0.5) is 4.39 Å². The molecule has 4 rings (SSSR count). The summed E-state index contributed by atoms with van der Waals surface area (Å²) in [7, 11) is 0. The molecule has 2 aliphatic heterocycles. The summed E-state index contributed by atoms with van der Waals surface area (Å²) in [4.78, 5) is 17.2. The molecule has 7 heteroatoms. The topological polar surface area (TPSA) is 70.9 Å². The van der Waals surface area contributed by atoms with Crippen LogP contribution in [0, 0.1) is 11.7 Å². The molecule has 5 nitrogen and oxygen atoms in total. The van der Waals surface area contributed by atoms with Crippen LogP contribution in [-0.2, 0) is 10.3 Å². The van der Waals surface area contributed by atoms with Crippen LogP contribution in [0.15, 0.2) is 59.6 Å². The lowest BCUT2D eigenvalue weighted by molar-refractivity contribution is 0.0436. The molecule has 1 saturated heterocycles. The van der Waals surface area contributed by atoms with Gasteiger partial charge in [0, 0.05) is 22.8 Å². The first kappa shape index (κ1) is 18.2. The Kier molecular flexibility index (Phi) is 4.99. The fourth-order valence-corrected chi connectivity index (χ4v) is 4.88. The number of fused-ring (bicyclic) bond motifs is 1. The molecule has 2 aromatic rings. The summed E-state index contributed by atoms with van der Waals surface area (Å²) in [5.41, 5.74) is 0.00000756. The van der Waals surface area contributed by atoms with Crippen molar-refractivity contribution in [2.75, 3.05) is 19.0 Å². The zero-order valence-electron chi connectivity index (χ0n) is 14.5. The normalized spacial score (nSPS) is 27.0. The van der Waals surface area contributed by atoms with Gasteiger partial charge in [-0.25, -0.2) is 9.38 Å². The van der Waals surface area contributed by atoms with Crippen molar-refractivity contribution in [3.8, 4) is 0 Å². The average molecular weight is 386 g/mol. The van der Waals surface area contributed by atoms with Gasteiger partial charge in [0.2, 0.25) is 0 Å². The molecule has 2 heterocycles. The van der Waals surface area contributed by atoms with Gasteiger partial charge >= 0.3 is 0 Å². The number of halogens is 1. The molecule has 2 aromatic carbocycles. The highest BCUT2D eigenvalue weighted by molar-refractivity contribution is 8.13. The minimum Gasteiger partial charge on any atom is -0.394 e. The Bertz CT molecular complexity index is 877. The molecule has 140 valence electrons. The van der Waals surface area contributed by atoms with E-state index in [0.717, 1.165) is 0 Å². The van der Waals surface area contributed by atoms with E-state index in [1.807, 2.05) is 6.07 Å². The quantitative estimate of drug-likeness (QED) is 0.851. The molecule has 3 atom stereocenters. The molecule has 2 N–H and O–H groups in total. The highest BCUT2D eigenvalue weighted by Crippen LogP contribution is 2.48. The van der Waals surface area contributed by atoms with Gasteiger partial charge in [0.15, 0.2) is 5.17 Å². The number of nitrogens with one attached hydrogen (secondary N) is 1. The Hall–Kier alpha value is -2.22. The van der Waals surface area contributed by atoms with E-state index in [1.54, 1.807) is 42.5 Å². The van der Waals surface area contributed by atoms with Crippen LogP contribution in [-0.4, -0.2) is 41.3 Å². The minimum absolute atomic E-state index is 0.150. The molecule has 1 fully saturated rings. The van der Waals surface area contributed by atoms with Gasteiger partial charge in [-0.15, -0.1) is 0 Å². The Morgan fingerprint density at radius 2 is 2.00 bits per heavy atom. The first-order chi connectivity index (χ1) is 13.1. The number of aliphatic hydroxyl groups is 1. The number of rotatable bonds is 3. The monoisotopic (exact) mass is 386 g/mol. The standard InChI is InChI=1S/C20H19FN2O3S/c21-16-9-5-4-8-14(16)20-12-26-17(10-24)15(20)11-27-19(23-20)22-18(25)13-6-2-1-3-7-13/h1-9,15,17,24H,10-12H2,(H,22,23,25)/t15-,17-,20-/m1/s1. The van der Waals surface area contributed by atoms with Gasteiger partial charge in [0.25, 0.3) is 5.91 Å². The molecule has 0 bridgehead atoms. The molecule has 0 aliphatic carbocycles. The van der Waals surface area contributed by atoms with Crippen LogP contribution < -0.4 is 5.32 Å². The summed E-state index contributed by atoms with van der Waals surface area (Å²) in [6.45, 7) is 0.0117. The molecule has 0 spiro atoms. The van der Waals surface area contributed by atoms with Crippen LogP contribution in [0.5, 0.6) is 0 Å². The molecule has 1 amide bonds. The third-order valence-corrected chi connectivity index (χ3v) is 6.05. The van der Waals surface area contributed by atoms with Gasteiger partial charge in [-0.3, -0.25) is 4.79 Å². The Morgan fingerprint density at radius 1 is 1.26 bits per heavy atom. The molecule has 0 saturated carbocycles. The molecule has 27 heavy (non-hydrogen) atoms. The largest absolute Gasteiger partial charge is 0.394 e. The number of carbonyl (C=O) groups is 1. The number of carbonyl (C=O) groups excluding carboxylic acids is 1. The lowest BCUT2D eigenvalue weighted by atomic mass is 9.79. The van der Waals surface area contributed by atoms with E-state index in [4.69, 9.17) is 9.73 Å². The number of ether oxygens (including phenoxy) is 1. The summed E-state index contributed by atoms with van der Waals surface area (Å²) in [6.07, 6.45) is -0.410. The van der Waals surface area contributed by atoms with E-state index in [2.05, 4.69) is 5.32 Å². The van der Waals surface area contributed by atoms with E-state index in [1.165, 1.54) is 17.8 Å². The zero-order valence-corrected chi connectivity index (χ0v) is 15.3. The number of amides is 1. The van der Waals surface area contributed by atoms with Crippen LogP contribution >= 0.6 is 11.8 Å². The lowest BCUT2D eigenvalue weighted by Crippen LogP contribution is -2.44. The Morgan fingerprint density at radius 3 is 2.74 bits per heavy atom. The number of aliphatic imine (C=N–C) groups is 1. The van der Waals surface area contributed by atoms with E-state index in [9.17, 15) is 14.3 Å². The van der Waals surface area contributed by atoms with Crippen molar-refractivity contribution in [3.63, 3.8) is 0 Å². The molecule has 0 radical (unpaired) electrons. The number of thioether (sulfide) groups is 1. The summed E-state index contributed by atoms with van der Waals surface area (Å²) in [5, 5.41) is 12.9. The molecule has 2 aliphatic rings. The van der Waals surface area contributed by atoms with Crippen LogP contribution in [0.25, 0.3) is 0 Å². The third kappa shape index (κ3) is 3.26. The van der Waals surface area contributed by atoms with Gasteiger partial charge in [0.1, 0.15) is 11.4 Å². The summed E-state index contributed by atoms with van der Waals surface area (Å²) >= 11 is 1.39. The number of benzene rings is 2. The number of nitrogens with zero attached hydrogens (tertiary/aromatic N) is 1. The van der Waals surface area contributed by atoms with Gasteiger partial charge in [-0.1, -0.05) is 48.2 Å². The van der Waals surface area contributed by atoms with E-state index < -0.39 is 11.6 Å². The van der Waals surface area contributed by atoms with Crippen molar-refractivity contribution in [1.29, 1.82) is 0 Å². The fourth-order valence-electron chi connectivity index (χ4n) is 3.66. The first-order valence-electron chi connectivity index (χ1n) is 8.70. The maximum atomic E-state index is 14.6. The Balaban J connectivity index is 1.70. The first-order valence-corrected chi connectivity index (χ1v) is 9.69. The van der Waals surface area contributed by atoms with Gasteiger partial charge in [-0.2, -0.15) is 0 Å². The summed E-state index contributed by atoms with van der Waals surface area (Å²) in [5.74, 6) is -0.245. The van der Waals surface area contributed by atoms with E-state index in [0.29, 0.717) is 22.0 Å². The maximum Gasteiger partial charge on any atom is 0.257 e. The molecular weight excluding hydrogens is 367 g/mol. The number of aliphatic hydroxyl groups excluding tert-OH is 1. The van der Waals surface area contributed by atoms with Crippen LogP contribution in [0.2, 0.25) is 0 Å². The maximum absolute atomic E-state index is 14.6. The highest BCUT2D eigenvalue weighted by atomic mass is 32.2. The Labute approximate surface area is 160 Å². The van der Waals surface area contributed by atoms with Gasteiger partial charge in [0.05, 0.1) is 19.3 Å². The summed E-state index contributed by atoms with van der Waals surface area (Å²) < 4.78 is 20.4. The highest BCUT2D eigenvalue weighted by Gasteiger charge is 2.54. The van der Waals surface area contributed by atoms with Crippen molar-refractivity contribution in [2.45, 2.75) is 11.6 Å². The third-order valence-electron chi connectivity index (χ3n) is 5.06. The number of hydrogen-bond acceptors (Lipinski definition) is 5. The van der Waals surface area contributed by atoms with E-state index in [-0.39, 0.29) is 30.9 Å². The predicted octanol–water partition coefficient (Wildman–Crippen LogP) is 2.56. The van der Waals surface area contributed by atoms with Crippen molar-refractivity contribution in [2.24, 2.45) is 10.9 Å². The second kappa shape index (κ2) is 7.42. The van der Waals surface area contributed by atoms with Crippen LogP contribution in [0.3, 0.4) is 0 Å². The predicted molar refractivity (Wildman–Crippen MR) is 102 cm³/mol. The molecule has 0 aromatic heterocycles. The zero-order chi connectivity index (χ0) is 18.9. The smallest absolute Gasteiger partial charge is 0.257 e.